The van der Waals surface area contributed by atoms with Crippen molar-refractivity contribution >= 4 is 6.09 Å². The maximum atomic E-state index is 11.7. The minimum absolute atomic E-state index is 0.232. The lowest BCUT2D eigenvalue weighted by molar-refractivity contribution is 0.00851. The highest BCUT2D eigenvalue weighted by Crippen LogP contribution is 2.18. The first kappa shape index (κ1) is 12.0. The molecule has 0 spiro atoms. The van der Waals surface area contributed by atoms with Gasteiger partial charge in [-0.05, 0) is 34.1 Å². The van der Waals surface area contributed by atoms with Gasteiger partial charge in [-0.25, -0.2) is 4.79 Å². The molecule has 15 heavy (non-hydrogen) atoms. The molecule has 0 saturated carbocycles. The quantitative estimate of drug-likeness (QED) is 0.668. The Morgan fingerprint density at radius 3 is 2.67 bits per heavy atom. The van der Waals surface area contributed by atoms with Gasteiger partial charge in [0, 0.05) is 6.20 Å². The van der Waals surface area contributed by atoms with Crippen molar-refractivity contribution in [2.24, 2.45) is 0 Å². The van der Waals surface area contributed by atoms with Crippen LogP contribution in [0.25, 0.3) is 0 Å². The Morgan fingerprint density at radius 2 is 2.13 bits per heavy atom. The monoisotopic (exact) mass is 213 g/mol. The van der Waals surface area contributed by atoms with Crippen molar-refractivity contribution in [1.82, 2.24) is 4.90 Å². The van der Waals surface area contributed by atoms with Crippen molar-refractivity contribution in [2.75, 3.05) is 0 Å². The van der Waals surface area contributed by atoms with Gasteiger partial charge in [-0.1, -0.05) is 6.08 Å². The van der Waals surface area contributed by atoms with E-state index in [4.69, 9.17) is 4.74 Å². The average molecular weight is 213 g/mol. The number of ether oxygens (including phenoxy) is 1. The molecule has 0 bridgehead atoms. The van der Waals surface area contributed by atoms with Gasteiger partial charge >= 0.3 is 6.09 Å². The first-order valence-electron chi connectivity index (χ1n) is 5.17. The fourth-order valence-corrected chi connectivity index (χ4v) is 1.37. The van der Waals surface area contributed by atoms with Crippen molar-refractivity contribution in [3.63, 3.8) is 0 Å². The molecule has 1 heterocycles. The summed E-state index contributed by atoms with van der Waals surface area (Å²) in [6, 6.07) is -0.232. The predicted octanol–water partition coefficient (Wildman–Crippen LogP) is 1.89. The number of carbonyl (C=O) groups is 1. The Morgan fingerprint density at radius 1 is 1.53 bits per heavy atom. The molecule has 86 valence electrons. The van der Waals surface area contributed by atoms with Gasteiger partial charge in [0.2, 0.25) is 0 Å². The number of aliphatic hydroxyl groups excluding tert-OH is 1. The molecule has 1 amide bonds. The molecule has 2 atom stereocenters. The van der Waals surface area contributed by atoms with Crippen LogP contribution in [0.2, 0.25) is 0 Å². The number of nitrogens with zero attached hydrogens (tertiary/aromatic N) is 1. The molecule has 1 aliphatic rings. The molecular weight excluding hydrogens is 194 g/mol. The highest BCUT2D eigenvalue weighted by Gasteiger charge is 2.30. The Bertz CT molecular complexity index is 267. The average Bonchev–Trinajstić information content (AvgIpc) is 2.06. The summed E-state index contributed by atoms with van der Waals surface area (Å²) in [5.74, 6) is 0. The molecule has 4 heteroatoms. The molecule has 0 saturated heterocycles. The van der Waals surface area contributed by atoms with Crippen LogP contribution in [-0.4, -0.2) is 33.8 Å². The molecule has 0 unspecified atom stereocenters. The van der Waals surface area contributed by atoms with Crippen LogP contribution in [0.3, 0.4) is 0 Å². The second kappa shape index (κ2) is 4.23. The Hall–Kier alpha value is -1.03. The van der Waals surface area contributed by atoms with Crippen LogP contribution in [0.1, 0.15) is 34.1 Å². The Labute approximate surface area is 90.5 Å². The van der Waals surface area contributed by atoms with E-state index in [1.54, 1.807) is 19.2 Å². The van der Waals surface area contributed by atoms with Gasteiger partial charge in [-0.15, -0.1) is 0 Å². The second-order valence-corrected chi connectivity index (χ2v) is 4.82. The smallest absolute Gasteiger partial charge is 0.414 e. The topological polar surface area (TPSA) is 49.8 Å². The number of hydrogen-bond donors (Lipinski definition) is 1. The lowest BCUT2D eigenvalue weighted by atomic mass is 10.1. The van der Waals surface area contributed by atoms with Gasteiger partial charge in [-0.2, -0.15) is 0 Å². The first-order chi connectivity index (χ1) is 6.81. The number of amides is 1. The summed E-state index contributed by atoms with van der Waals surface area (Å²) in [5, 5.41) is 9.59. The van der Waals surface area contributed by atoms with Gasteiger partial charge in [0.05, 0.1) is 12.1 Å². The van der Waals surface area contributed by atoms with Gasteiger partial charge < -0.3 is 9.84 Å². The first-order valence-corrected chi connectivity index (χ1v) is 5.17. The van der Waals surface area contributed by atoms with E-state index in [-0.39, 0.29) is 6.04 Å². The van der Waals surface area contributed by atoms with Crippen LogP contribution in [0.15, 0.2) is 12.3 Å². The zero-order chi connectivity index (χ0) is 11.6. The SMILES string of the molecule is C[C@H]1[C@H](O)CC=CN1C(=O)OC(C)(C)C. The second-order valence-electron chi connectivity index (χ2n) is 4.82. The number of hydrogen-bond acceptors (Lipinski definition) is 3. The van der Waals surface area contributed by atoms with Gasteiger partial charge in [0.1, 0.15) is 5.60 Å². The zero-order valence-corrected chi connectivity index (χ0v) is 9.73. The maximum absolute atomic E-state index is 11.7. The van der Waals surface area contributed by atoms with Crippen LogP contribution in [0, 0.1) is 0 Å². The molecule has 1 aliphatic heterocycles. The van der Waals surface area contributed by atoms with Crippen LogP contribution in [0.5, 0.6) is 0 Å². The maximum Gasteiger partial charge on any atom is 0.414 e. The van der Waals surface area contributed by atoms with E-state index in [0.29, 0.717) is 6.42 Å². The summed E-state index contributed by atoms with van der Waals surface area (Å²) in [5.41, 5.74) is -0.507. The molecule has 1 rings (SSSR count). The summed E-state index contributed by atoms with van der Waals surface area (Å²) in [7, 11) is 0. The minimum Gasteiger partial charge on any atom is -0.443 e. The van der Waals surface area contributed by atoms with Crippen LogP contribution in [-0.2, 0) is 4.74 Å². The predicted molar refractivity (Wildman–Crippen MR) is 57.3 cm³/mol. The third kappa shape index (κ3) is 3.23. The fourth-order valence-electron chi connectivity index (χ4n) is 1.37. The third-order valence-corrected chi connectivity index (χ3v) is 2.24. The van der Waals surface area contributed by atoms with Crippen LogP contribution >= 0.6 is 0 Å². The van der Waals surface area contributed by atoms with Crippen molar-refractivity contribution in [3.8, 4) is 0 Å². The van der Waals surface area contributed by atoms with E-state index in [2.05, 4.69) is 0 Å². The van der Waals surface area contributed by atoms with Crippen molar-refractivity contribution in [3.05, 3.63) is 12.3 Å². The highest BCUT2D eigenvalue weighted by atomic mass is 16.6. The molecule has 0 aliphatic carbocycles. The lowest BCUT2D eigenvalue weighted by Crippen LogP contribution is -2.46. The third-order valence-electron chi connectivity index (χ3n) is 2.24. The number of carbonyl (C=O) groups excluding carboxylic acids is 1. The molecule has 1 N–H and O–H groups in total. The van der Waals surface area contributed by atoms with Gasteiger partial charge in [-0.3, -0.25) is 4.90 Å². The van der Waals surface area contributed by atoms with E-state index >= 15 is 0 Å². The summed E-state index contributed by atoms with van der Waals surface area (Å²) >= 11 is 0. The van der Waals surface area contributed by atoms with E-state index in [1.807, 2.05) is 20.8 Å². The van der Waals surface area contributed by atoms with E-state index in [9.17, 15) is 9.90 Å². The van der Waals surface area contributed by atoms with Crippen LogP contribution < -0.4 is 0 Å². The zero-order valence-electron chi connectivity index (χ0n) is 9.73. The molecule has 0 fully saturated rings. The van der Waals surface area contributed by atoms with E-state index < -0.39 is 17.8 Å². The summed E-state index contributed by atoms with van der Waals surface area (Å²) < 4.78 is 5.22. The molecule has 0 aromatic heterocycles. The number of rotatable bonds is 0. The summed E-state index contributed by atoms with van der Waals surface area (Å²) in [4.78, 5) is 13.1. The van der Waals surface area contributed by atoms with Crippen molar-refractivity contribution < 1.29 is 14.6 Å². The Balaban J connectivity index is 2.67. The molecule has 0 radical (unpaired) electrons. The summed E-state index contributed by atoms with van der Waals surface area (Å²) in [6.07, 6.45) is 3.10. The fraction of sp³-hybridized carbons (Fsp3) is 0.727. The lowest BCUT2D eigenvalue weighted by Gasteiger charge is -2.33. The molecule has 0 aromatic carbocycles. The van der Waals surface area contributed by atoms with Crippen molar-refractivity contribution in [2.45, 2.75) is 51.9 Å². The standard InChI is InChI=1S/C11H19NO3/c1-8-9(13)6-5-7-12(8)10(14)15-11(2,3)4/h5,7-9,13H,6H2,1-4H3/t8-,9+/m0/s1. The molecule has 4 nitrogen and oxygen atoms in total. The van der Waals surface area contributed by atoms with E-state index in [0.717, 1.165) is 0 Å². The highest BCUT2D eigenvalue weighted by molar-refractivity contribution is 5.70. The number of aliphatic hydroxyl groups is 1. The van der Waals surface area contributed by atoms with Gasteiger partial charge in [0.15, 0.2) is 0 Å². The largest absolute Gasteiger partial charge is 0.443 e. The van der Waals surface area contributed by atoms with Crippen molar-refractivity contribution in [1.29, 1.82) is 0 Å². The minimum atomic E-state index is -0.512. The summed E-state index contributed by atoms with van der Waals surface area (Å²) in [6.45, 7) is 7.26. The molecule has 0 aromatic rings. The Kier molecular flexibility index (Phi) is 3.39. The van der Waals surface area contributed by atoms with Crippen LogP contribution in [0.4, 0.5) is 4.79 Å². The van der Waals surface area contributed by atoms with E-state index in [1.165, 1.54) is 4.90 Å². The molecular formula is C11H19NO3. The van der Waals surface area contributed by atoms with Gasteiger partial charge in [0.25, 0.3) is 0 Å². The normalized spacial score (nSPS) is 26.6.